The minimum absolute atomic E-state index is 0.0860. The minimum atomic E-state index is -0.204. The summed E-state index contributed by atoms with van der Waals surface area (Å²) >= 11 is 12.5. The molecule has 1 fully saturated rings. The average Bonchev–Trinajstić information content (AvgIpc) is 3.50. The average molecular weight is 530 g/mol. The number of aryl methyl sites for hydroxylation is 1. The van der Waals surface area contributed by atoms with E-state index >= 15 is 0 Å². The van der Waals surface area contributed by atoms with E-state index in [9.17, 15) is 4.79 Å². The molecule has 188 valence electrons. The zero-order valence-electron chi connectivity index (χ0n) is 20.9. The van der Waals surface area contributed by atoms with Gasteiger partial charge in [0.15, 0.2) is 5.11 Å². The van der Waals surface area contributed by atoms with Crippen molar-refractivity contribution in [1.82, 2.24) is 14.9 Å². The fraction of sp³-hybridized carbons (Fsp3) is 0.207. The van der Waals surface area contributed by atoms with Gasteiger partial charge in [-0.05, 0) is 73.2 Å². The fourth-order valence-electron chi connectivity index (χ4n) is 4.65. The predicted molar refractivity (Wildman–Crippen MR) is 153 cm³/mol. The van der Waals surface area contributed by atoms with Crippen LogP contribution in [0.4, 0.5) is 11.4 Å². The molecule has 37 heavy (non-hydrogen) atoms. The monoisotopic (exact) mass is 529 g/mol. The van der Waals surface area contributed by atoms with Gasteiger partial charge in [-0.15, -0.1) is 0 Å². The molecule has 5 rings (SSSR count). The van der Waals surface area contributed by atoms with E-state index in [0.717, 1.165) is 22.8 Å². The highest BCUT2D eigenvalue weighted by molar-refractivity contribution is 7.80. The lowest BCUT2D eigenvalue weighted by atomic mass is 10.0. The number of benzene rings is 2. The molecule has 6 nitrogen and oxygen atoms in total. The third-order valence-corrected chi connectivity index (χ3v) is 7.20. The summed E-state index contributed by atoms with van der Waals surface area (Å²) in [7, 11) is 0. The van der Waals surface area contributed by atoms with E-state index in [1.807, 2.05) is 68.4 Å². The molecule has 2 N–H and O–H groups in total. The summed E-state index contributed by atoms with van der Waals surface area (Å²) in [5, 5.41) is 7.42. The maximum atomic E-state index is 12.2. The SMILES string of the molecule is Cc1ccccc1-n1cccc1[C@@H]1[C@@H](c2ccccn2)NC(=S)N1c1ccc(NC(=O)C(C)C)c(Cl)c1. The van der Waals surface area contributed by atoms with Crippen molar-refractivity contribution >= 4 is 46.2 Å². The number of hydrogen-bond acceptors (Lipinski definition) is 3. The zero-order valence-corrected chi connectivity index (χ0v) is 22.4. The van der Waals surface area contributed by atoms with Gasteiger partial charge < -0.3 is 20.1 Å². The Morgan fingerprint density at radius 1 is 1.08 bits per heavy atom. The molecule has 1 saturated heterocycles. The number of nitrogens with zero attached hydrogens (tertiary/aromatic N) is 3. The molecule has 2 atom stereocenters. The maximum Gasteiger partial charge on any atom is 0.226 e. The Balaban J connectivity index is 1.61. The molecule has 0 bridgehead atoms. The highest BCUT2D eigenvalue weighted by atomic mass is 35.5. The molecule has 2 aromatic carbocycles. The number of hydrogen-bond donors (Lipinski definition) is 2. The molecule has 2 aromatic heterocycles. The van der Waals surface area contributed by atoms with Crippen LogP contribution in [0, 0.1) is 12.8 Å². The summed E-state index contributed by atoms with van der Waals surface area (Å²) in [5.74, 6) is -0.235. The van der Waals surface area contributed by atoms with Gasteiger partial charge in [0, 0.05) is 35.4 Å². The molecular formula is C29H28ClN5OS. The molecule has 1 aliphatic heterocycles. The van der Waals surface area contributed by atoms with Crippen LogP contribution in [-0.2, 0) is 4.79 Å². The summed E-state index contributed by atoms with van der Waals surface area (Å²) < 4.78 is 2.21. The number of nitrogens with one attached hydrogen (secondary N) is 2. The third kappa shape index (κ3) is 4.84. The number of rotatable bonds is 6. The van der Waals surface area contributed by atoms with E-state index in [1.54, 1.807) is 6.20 Å². The van der Waals surface area contributed by atoms with Crippen LogP contribution in [0.3, 0.4) is 0 Å². The molecule has 0 unspecified atom stereocenters. The van der Waals surface area contributed by atoms with Gasteiger partial charge in [0.05, 0.1) is 22.4 Å². The topological polar surface area (TPSA) is 62.2 Å². The number of amides is 1. The van der Waals surface area contributed by atoms with Gasteiger partial charge in [-0.1, -0.05) is 49.7 Å². The second kappa shape index (κ2) is 10.4. The van der Waals surface area contributed by atoms with Gasteiger partial charge in [0.2, 0.25) is 5.91 Å². The van der Waals surface area contributed by atoms with E-state index < -0.39 is 0 Å². The highest BCUT2D eigenvalue weighted by Crippen LogP contribution is 2.43. The van der Waals surface area contributed by atoms with Crippen molar-refractivity contribution in [2.24, 2.45) is 5.92 Å². The minimum Gasteiger partial charge on any atom is -0.351 e. The summed E-state index contributed by atoms with van der Waals surface area (Å²) in [6, 6.07) is 23.6. The third-order valence-electron chi connectivity index (χ3n) is 6.57. The van der Waals surface area contributed by atoms with Crippen LogP contribution in [0.1, 0.15) is 42.9 Å². The second-order valence-corrected chi connectivity index (χ2v) is 10.2. The van der Waals surface area contributed by atoms with Gasteiger partial charge >= 0.3 is 0 Å². The summed E-state index contributed by atoms with van der Waals surface area (Å²) in [4.78, 5) is 19.0. The quantitative estimate of drug-likeness (QED) is 0.275. The smallest absolute Gasteiger partial charge is 0.226 e. The van der Waals surface area contributed by atoms with Crippen LogP contribution >= 0.6 is 23.8 Å². The van der Waals surface area contributed by atoms with Crippen molar-refractivity contribution in [2.45, 2.75) is 32.9 Å². The lowest BCUT2D eigenvalue weighted by Gasteiger charge is -2.29. The lowest BCUT2D eigenvalue weighted by Crippen LogP contribution is -2.30. The van der Waals surface area contributed by atoms with Crippen LogP contribution in [0.2, 0.25) is 5.02 Å². The molecule has 0 saturated carbocycles. The number of para-hydroxylation sites is 1. The summed E-state index contributed by atoms with van der Waals surface area (Å²) in [5.41, 5.74) is 5.62. The summed E-state index contributed by atoms with van der Waals surface area (Å²) in [6.45, 7) is 5.80. The van der Waals surface area contributed by atoms with Gasteiger partial charge in [-0.2, -0.15) is 0 Å². The molecular weight excluding hydrogens is 502 g/mol. The molecule has 0 radical (unpaired) electrons. The Morgan fingerprint density at radius 2 is 1.86 bits per heavy atom. The number of thiocarbonyl (C=S) groups is 1. The van der Waals surface area contributed by atoms with Gasteiger partial charge in [-0.3, -0.25) is 9.78 Å². The molecule has 0 aliphatic carbocycles. The Kier molecular flexibility index (Phi) is 7.00. The number of halogens is 1. The number of pyridine rings is 1. The first-order valence-electron chi connectivity index (χ1n) is 12.2. The first-order chi connectivity index (χ1) is 17.8. The first kappa shape index (κ1) is 25.0. The molecule has 3 heterocycles. The van der Waals surface area contributed by atoms with E-state index in [1.165, 1.54) is 5.56 Å². The molecule has 1 amide bonds. The Hall–Kier alpha value is -3.68. The van der Waals surface area contributed by atoms with Crippen LogP contribution in [-0.4, -0.2) is 20.6 Å². The molecule has 1 aliphatic rings. The lowest BCUT2D eigenvalue weighted by molar-refractivity contribution is -0.118. The number of carbonyl (C=O) groups excluding carboxylic acids is 1. The second-order valence-electron chi connectivity index (χ2n) is 9.39. The van der Waals surface area contributed by atoms with Crippen molar-refractivity contribution < 1.29 is 4.79 Å². The Bertz CT molecular complexity index is 1450. The van der Waals surface area contributed by atoms with Crippen LogP contribution < -0.4 is 15.5 Å². The van der Waals surface area contributed by atoms with E-state index in [-0.39, 0.29) is 23.9 Å². The van der Waals surface area contributed by atoms with E-state index in [4.69, 9.17) is 23.8 Å². The number of anilines is 2. The Morgan fingerprint density at radius 3 is 2.57 bits per heavy atom. The number of carbonyl (C=O) groups is 1. The summed E-state index contributed by atoms with van der Waals surface area (Å²) in [6.07, 6.45) is 3.87. The number of aromatic nitrogens is 2. The van der Waals surface area contributed by atoms with Crippen LogP contribution in [0.5, 0.6) is 0 Å². The highest BCUT2D eigenvalue weighted by Gasteiger charge is 2.42. The van der Waals surface area contributed by atoms with Crippen molar-refractivity contribution in [3.8, 4) is 5.69 Å². The predicted octanol–water partition coefficient (Wildman–Crippen LogP) is 6.61. The van der Waals surface area contributed by atoms with Crippen LogP contribution in [0.25, 0.3) is 5.69 Å². The van der Waals surface area contributed by atoms with Crippen molar-refractivity contribution in [1.29, 1.82) is 0 Å². The van der Waals surface area contributed by atoms with Crippen LogP contribution in [0.15, 0.2) is 85.2 Å². The van der Waals surface area contributed by atoms with Crippen molar-refractivity contribution in [2.75, 3.05) is 10.2 Å². The van der Waals surface area contributed by atoms with E-state index in [0.29, 0.717) is 15.8 Å². The maximum absolute atomic E-state index is 12.2. The molecule has 8 heteroatoms. The largest absolute Gasteiger partial charge is 0.351 e. The van der Waals surface area contributed by atoms with Gasteiger partial charge in [-0.25, -0.2) is 0 Å². The van der Waals surface area contributed by atoms with Crippen molar-refractivity contribution in [3.05, 3.63) is 107 Å². The van der Waals surface area contributed by atoms with Gasteiger partial charge in [0.25, 0.3) is 0 Å². The van der Waals surface area contributed by atoms with Crippen molar-refractivity contribution in [3.63, 3.8) is 0 Å². The van der Waals surface area contributed by atoms with E-state index in [2.05, 4.69) is 56.4 Å². The van der Waals surface area contributed by atoms with Gasteiger partial charge in [0.1, 0.15) is 6.04 Å². The first-order valence-corrected chi connectivity index (χ1v) is 13.0. The normalized spacial score (nSPS) is 17.2. The Labute approximate surface area is 227 Å². The standard InChI is InChI=1S/C29H28ClN5OS/c1-18(2)28(36)32-22-14-13-20(17-21(22)30)35-27(26(33-29(35)37)23-10-6-7-15-31-23)25-12-8-16-34(25)24-11-5-4-9-19(24)3/h4-18,26-27H,1-3H3,(H,32,36)(H,33,37)/t26-,27-/m1/s1. The zero-order chi connectivity index (χ0) is 26.1. The fourth-order valence-corrected chi connectivity index (χ4v) is 5.22. The molecule has 4 aromatic rings. The molecule has 0 spiro atoms.